The average molecular weight is 260 g/mol. The fraction of sp³-hybridized carbons (Fsp3) is 0.308. The van der Waals surface area contributed by atoms with Crippen molar-refractivity contribution in [1.29, 1.82) is 0 Å². The van der Waals surface area contributed by atoms with Crippen molar-refractivity contribution in [1.82, 2.24) is 15.2 Å². The Hall–Kier alpha value is -2.37. The van der Waals surface area contributed by atoms with Crippen molar-refractivity contribution < 1.29 is 9.47 Å². The van der Waals surface area contributed by atoms with Gasteiger partial charge < -0.3 is 14.8 Å². The molecule has 19 heavy (non-hydrogen) atoms. The number of methoxy groups -OCH3 is 2. The van der Waals surface area contributed by atoms with Crippen molar-refractivity contribution in [3.63, 3.8) is 0 Å². The molecule has 1 heterocycles. The summed E-state index contributed by atoms with van der Waals surface area (Å²) in [5.41, 5.74) is 2.60. The average Bonchev–Trinajstić information content (AvgIpc) is 2.46. The second kappa shape index (κ2) is 5.51. The molecule has 0 aliphatic rings. The number of benzene rings is 1. The van der Waals surface area contributed by atoms with Gasteiger partial charge in [-0.15, -0.1) is 10.2 Å². The molecule has 6 heteroatoms. The second-order valence-corrected chi connectivity index (χ2v) is 3.93. The molecule has 0 spiro atoms. The van der Waals surface area contributed by atoms with Gasteiger partial charge in [0.2, 0.25) is 0 Å². The molecule has 0 amide bonds. The van der Waals surface area contributed by atoms with Crippen LogP contribution >= 0.6 is 0 Å². The van der Waals surface area contributed by atoms with Gasteiger partial charge in [0, 0.05) is 12.6 Å². The monoisotopic (exact) mass is 260 g/mol. The van der Waals surface area contributed by atoms with Crippen molar-refractivity contribution in [2.24, 2.45) is 0 Å². The Morgan fingerprint density at radius 3 is 2.42 bits per heavy atom. The lowest BCUT2D eigenvalue weighted by Gasteiger charge is -2.13. The highest BCUT2D eigenvalue weighted by molar-refractivity contribution is 5.75. The first-order valence-corrected chi connectivity index (χ1v) is 5.79. The molecule has 0 unspecified atom stereocenters. The highest BCUT2D eigenvalue weighted by Gasteiger charge is 2.14. The van der Waals surface area contributed by atoms with E-state index in [0.717, 1.165) is 11.1 Å². The van der Waals surface area contributed by atoms with Crippen LogP contribution in [0.2, 0.25) is 0 Å². The number of rotatable bonds is 4. The molecule has 0 saturated heterocycles. The number of aromatic nitrogens is 3. The number of ether oxygens (including phenoxy) is 2. The Morgan fingerprint density at radius 1 is 1.11 bits per heavy atom. The van der Waals surface area contributed by atoms with Crippen molar-refractivity contribution >= 4 is 5.82 Å². The number of hydrogen-bond donors (Lipinski definition) is 1. The van der Waals surface area contributed by atoms with Gasteiger partial charge >= 0.3 is 0 Å². The summed E-state index contributed by atoms with van der Waals surface area (Å²) < 4.78 is 10.6. The molecule has 2 aromatic rings. The quantitative estimate of drug-likeness (QED) is 0.905. The smallest absolute Gasteiger partial charge is 0.161 e. The highest BCUT2D eigenvalue weighted by atomic mass is 16.5. The summed E-state index contributed by atoms with van der Waals surface area (Å²) in [5, 5.41) is 11.0. The van der Waals surface area contributed by atoms with Gasteiger partial charge in [-0.1, -0.05) is 0 Å². The molecular formula is C13H16N4O2. The van der Waals surface area contributed by atoms with Crippen molar-refractivity contribution in [3.05, 3.63) is 24.0 Å². The van der Waals surface area contributed by atoms with E-state index in [2.05, 4.69) is 20.5 Å². The summed E-state index contributed by atoms with van der Waals surface area (Å²) in [4.78, 5) is 4.16. The van der Waals surface area contributed by atoms with Gasteiger partial charge in [0.1, 0.15) is 12.0 Å². The van der Waals surface area contributed by atoms with E-state index >= 15 is 0 Å². The van der Waals surface area contributed by atoms with Crippen molar-refractivity contribution in [2.45, 2.75) is 6.92 Å². The van der Waals surface area contributed by atoms with E-state index in [4.69, 9.17) is 9.47 Å². The number of aryl methyl sites for hydroxylation is 1. The van der Waals surface area contributed by atoms with Crippen LogP contribution in [0.5, 0.6) is 11.5 Å². The third-order valence-corrected chi connectivity index (χ3v) is 2.84. The van der Waals surface area contributed by atoms with Crippen molar-refractivity contribution in [2.75, 3.05) is 26.6 Å². The fourth-order valence-corrected chi connectivity index (χ4v) is 1.88. The molecule has 0 aliphatic carbocycles. The number of hydrogen-bond acceptors (Lipinski definition) is 6. The van der Waals surface area contributed by atoms with E-state index in [1.54, 1.807) is 21.3 Å². The summed E-state index contributed by atoms with van der Waals surface area (Å²) >= 11 is 0. The normalized spacial score (nSPS) is 10.1. The summed E-state index contributed by atoms with van der Waals surface area (Å²) in [6, 6.07) is 3.78. The van der Waals surface area contributed by atoms with Crippen LogP contribution in [0.4, 0.5) is 5.82 Å². The predicted octanol–water partition coefficient (Wildman–Crippen LogP) is 1.91. The Balaban J connectivity index is 2.62. The fourth-order valence-electron chi connectivity index (χ4n) is 1.88. The molecule has 0 radical (unpaired) electrons. The van der Waals surface area contributed by atoms with E-state index < -0.39 is 0 Å². The zero-order chi connectivity index (χ0) is 13.8. The summed E-state index contributed by atoms with van der Waals surface area (Å²) in [6.07, 6.45) is 1.41. The third-order valence-electron chi connectivity index (χ3n) is 2.84. The van der Waals surface area contributed by atoms with E-state index in [9.17, 15) is 0 Å². The zero-order valence-corrected chi connectivity index (χ0v) is 11.4. The third kappa shape index (κ3) is 2.42. The molecule has 0 fully saturated rings. The lowest BCUT2D eigenvalue weighted by atomic mass is 10.0. The Labute approximate surface area is 111 Å². The summed E-state index contributed by atoms with van der Waals surface area (Å²) in [5.74, 6) is 2.01. The van der Waals surface area contributed by atoms with Gasteiger partial charge in [0.15, 0.2) is 17.3 Å². The Kier molecular flexibility index (Phi) is 3.79. The van der Waals surface area contributed by atoms with Crippen LogP contribution in [0, 0.1) is 6.92 Å². The van der Waals surface area contributed by atoms with Gasteiger partial charge in [0.05, 0.1) is 14.2 Å². The molecule has 0 bridgehead atoms. The Morgan fingerprint density at radius 2 is 1.79 bits per heavy atom. The van der Waals surface area contributed by atoms with Gasteiger partial charge in [-0.05, 0) is 24.6 Å². The molecule has 1 aromatic carbocycles. The van der Waals surface area contributed by atoms with Crippen LogP contribution in [0.3, 0.4) is 0 Å². The molecule has 1 N–H and O–H groups in total. The van der Waals surface area contributed by atoms with Crippen LogP contribution in [0.25, 0.3) is 11.3 Å². The number of nitrogens with one attached hydrogen (secondary N) is 1. The van der Waals surface area contributed by atoms with E-state index in [1.165, 1.54) is 6.33 Å². The maximum Gasteiger partial charge on any atom is 0.161 e. The van der Waals surface area contributed by atoms with Crippen molar-refractivity contribution in [3.8, 4) is 22.8 Å². The van der Waals surface area contributed by atoms with Crippen LogP contribution < -0.4 is 14.8 Å². The summed E-state index contributed by atoms with van der Waals surface area (Å²) in [7, 11) is 5.01. The van der Waals surface area contributed by atoms with E-state index in [-0.39, 0.29) is 0 Å². The Bertz CT molecular complexity index is 587. The van der Waals surface area contributed by atoms with Gasteiger partial charge in [-0.2, -0.15) is 0 Å². The highest BCUT2D eigenvalue weighted by Crippen LogP contribution is 2.36. The molecule has 0 atom stereocenters. The summed E-state index contributed by atoms with van der Waals surface area (Å²) in [6.45, 7) is 1.98. The van der Waals surface area contributed by atoms with Crippen LogP contribution in [-0.2, 0) is 0 Å². The molecule has 100 valence electrons. The molecule has 2 rings (SSSR count). The molecule has 0 aliphatic heterocycles. The predicted molar refractivity (Wildman–Crippen MR) is 72.7 cm³/mol. The molecular weight excluding hydrogens is 244 g/mol. The number of anilines is 1. The first kappa shape index (κ1) is 13.1. The second-order valence-electron chi connectivity index (χ2n) is 3.93. The lowest BCUT2D eigenvalue weighted by molar-refractivity contribution is 0.355. The molecule has 0 saturated carbocycles. The molecule has 6 nitrogen and oxygen atoms in total. The van der Waals surface area contributed by atoms with E-state index in [0.29, 0.717) is 23.0 Å². The van der Waals surface area contributed by atoms with Gasteiger partial charge in [-0.25, -0.2) is 4.98 Å². The van der Waals surface area contributed by atoms with Gasteiger partial charge in [0.25, 0.3) is 0 Å². The largest absolute Gasteiger partial charge is 0.493 e. The van der Waals surface area contributed by atoms with Crippen LogP contribution in [0.15, 0.2) is 18.5 Å². The number of nitrogens with zero attached hydrogens (tertiary/aromatic N) is 3. The maximum atomic E-state index is 5.31. The van der Waals surface area contributed by atoms with Crippen LogP contribution in [0.1, 0.15) is 5.56 Å². The molecule has 1 aromatic heterocycles. The SMILES string of the molecule is CNc1ncnnc1-c1cc(OC)c(OC)cc1C. The van der Waals surface area contributed by atoms with E-state index in [1.807, 2.05) is 19.1 Å². The minimum Gasteiger partial charge on any atom is -0.493 e. The lowest BCUT2D eigenvalue weighted by Crippen LogP contribution is -2.01. The van der Waals surface area contributed by atoms with Gasteiger partial charge in [-0.3, -0.25) is 0 Å². The zero-order valence-electron chi connectivity index (χ0n) is 11.4. The van der Waals surface area contributed by atoms with Crippen LogP contribution in [-0.4, -0.2) is 36.4 Å². The maximum absolute atomic E-state index is 5.31. The standard InChI is InChI=1S/C13H16N4O2/c1-8-5-10(18-3)11(19-4)6-9(8)12-13(14-2)15-7-16-17-12/h5-7H,1-4H3,(H,14,15,16). The topological polar surface area (TPSA) is 69.2 Å². The first-order chi connectivity index (χ1) is 9.21. The first-order valence-electron chi connectivity index (χ1n) is 5.79. The minimum absolute atomic E-state index is 0.649. The minimum atomic E-state index is 0.649.